The summed E-state index contributed by atoms with van der Waals surface area (Å²) in [5.41, 5.74) is 0.769. The van der Waals surface area contributed by atoms with Gasteiger partial charge in [-0.3, -0.25) is 4.79 Å². The number of ether oxygens (including phenoxy) is 1. The zero-order valence-corrected chi connectivity index (χ0v) is 11.1. The minimum Gasteiger partial charge on any atom is -0.481 e. The predicted molar refractivity (Wildman–Crippen MR) is 68.8 cm³/mol. The molecule has 2 rings (SSSR count). The Bertz CT molecular complexity index is 509. The molecule has 1 saturated heterocycles. The number of hydrogen-bond acceptors (Lipinski definition) is 3. The quantitative estimate of drug-likeness (QED) is 0.925. The molecule has 2 atom stereocenters. The number of rotatable bonds is 4. The second-order valence-corrected chi connectivity index (χ2v) is 4.89. The van der Waals surface area contributed by atoms with E-state index in [0.717, 1.165) is 10.5 Å². The Morgan fingerprint density at radius 2 is 1.95 bits per heavy atom. The van der Waals surface area contributed by atoms with E-state index in [9.17, 15) is 18.4 Å². The molecule has 1 N–H and O–H groups in total. The van der Waals surface area contributed by atoms with Gasteiger partial charge >= 0.3 is 12.1 Å². The minimum atomic E-state index is -2.78. The van der Waals surface area contributed by atoms with Crippen LogP contribution in [0, 0.1) is 11.8 Å². The van der Waals surface area contributed by atoms with Crippen LogP contribution in [0.2, 0.25) is 0 Å². The molecule has 1 aromatic rings. The van der Waals surface area contributed by atoms with Crippen LogP contribution in [0.1, 0.15) is 5.56 Å². The molecular weight excluding hydrogens is 284 g/mol. The summed E-state index contributed by atoms with van der Waals surface area (Å²) < 4.78 is 30.6. The molecule has 1 fully saturated rings. The number of carboxylic acids is 1. The van der Waals surface area contributed by atoms with Crippen molar-refractivity contribution in [1.82, 2.24) is 4.90 Å². The maximum atomic E-state index is 12.8. The first-order valence-corrected chi connectivity index (χ1v) is 6.45. The number of hydrogen-bond donors (Lipinski definition) is 1. The molecule has 1 heterocycles. The molecule has 1 amide bonds. The molecule has 7 heteroatoms. The van der Waals surface area contributed by atoms with Gasteiger partial charge in [-0.05, 0) is 5.56 Å². The highest BCUT2D eigenvalue weighted by atomic mass is 19.3. The van der Waals surface area contributed by atoms with E-state index < -0.39 is 30.3 Å². The molecular formula is C14H15F2NO4. The summed E-state index contributed by atoms with van der Waals surface area (Å²) in [4.78, 5) is 23.8. The SMILES string of the molecule is O=C(O)[C@@H]1CN(C(=O)OCc2ccccc2)C[C@@H]1C(F)F. The Labute approximate surface area is 120 Å². The highest BCUT2D eigenvalue weighted by Gasteiger charge is 2.44. The van der Waals surface area contributed by atoms with E-state index in [0.29, 0.717) is 0 Å². The summed E-state index contributed by atoms with van der Waals surface area (Å²) in [6.07, 6.45) is -3.55. The van der Waals surface area contributed by atoms with Gasteiger partial charge in [-0.1, -0.05) is 30.3 Å². The second-order valence-electron chi connectivity index (χ2n) is 4.89. The van der Waals surface area contributed by atoms with E-state index in [1.165, 1.54) is 0 Å². The molecule has 0 aliphatic carbocycles. The van der Waals surface area contributed by atoms with Gasteiger partial charge in [-0.2, -0.15) is 0 Å². The topological polar surface area (TPSA) is 66.8 Å². The van der Waals surface area contributed by atoms with E-state index >= 15 is 0 Å². The normalized spacial score (nSPS) is 21.6. The number of carboxylic acid groups (broad SMARTS) is 1. The van der Waals surface area contributed by atoms with Crippen LogP contribution < -0.4 is 0 Å². The Kier molecular flexibility index (Phi) is 4.72. The number of likely N-dealkylation sites (tertiary alicyclic amines) is 1. The lowest BCUT2D eigenvalue weighted by atomic mass is 9.97. The molecule has 1 aliphatic rings. The second kappa shape index (κ2) is 6.51. The molecule has 0 bridgehead atoms. The molecule has 0 aromatic heterocycles. The predicted octanol–water partition coefficient (Wildman–Crippen LogP) is 2.22. The first-order valence-electron chi connectivity index (χ1n) is 6.45. The fourth-order valence-corrected chi connectivity index (χ4v) is 2.31. The number of nitrogens with zero attached hydrogens (tertiary/aromatic N) is 1. The average molecular weight is 299 g/mol. The van der Waals surface area contributed by atoms with Crippen molar-refractivity contribution in [3.63, 3.8) is 0 Å². The van der Waals surface area contributed by atoms with Gasteiger partial charge in [0.05, 0.1) is 11.8 Å². The van der Waals surface area contributed by atoms with Crippen molar-refractivity contribution in [2.24, 2.45) is 11.8 Å². The van der Waals surface area contributed by atoms with Gasteiger partial charge in [0.25, 0.3) is 0 Å². The zero-order chi connectivity index (χ0) is 15.4. The third-order valence-electron chi connectivity index (χ3n) is 3.47. The number of alkyl halides is 2. The molecule has 5 nitrogen and oxygen atoms in total. The highest BCUT2D eigenvalue weighted by molar-refractivity contribution is 5.74. The molecule has 0 spiro atoms. The Morgan fingerprint density at radius 3 is 2.48 bits per heavy atom. The highest BCUT2D eigenvalue weighted by Crippen LogP contribution is 2.29. The molecule has 0 radical (unpaired) electrons. The van der Waals surface area contributed by atoms with Gasteiger partial charge in [-0.15, -0.1) is 0 Å². The zero-order valence-electron chi connectivity index (χ0n) is 11.1. The van der Waals surface area contributed by atoms with Crippen molar-refractivity contribution in [2.75, 3.05) is 13.1 Å². The van der Waals surface area contributed by atoms with Crippen molar-refractivity contribution in [3.05, 3.63) is 35.9 Å². The number of carbonyl (C=O) groups excluding carboxylic acids is 1. The van der Waals surface area contributed by atoms with Gasteiger partial charge in [0.2, 0.25) is 6.43 Å². The van der Waals surface area contributed by atoms with Crippen molar-refractivity contribution < 1.29 is 28.2 Å². The molecule has 0 saturated carbocycles. The lowest BCUT2D eigenvalue weighted by molar-refractivity contribution is -0.144. The largest absolute Gasteiger partial charge is 0.481 e. The van der Waals surface area contributed by atoms with E-state index in [-0.39, 0.29) is 19.7 Å². The lowest BCUT2D eigenvalue weighted by Gasteiger charge is -2.16. The summed E-state index contributed by atoms with van der Waals surface area (Å²) in [6.45, 7) is -0.534. The first-order chi connectivity index (χ1) is 9.99. The fraction of sp³-hybridized carbons (Fsp3) is 0.429. The van der Waals surface area contributed by atoms with Gasteiger partial charge in [0.15, 0.2) is 0 Å². The molecule has 1 aliphatic heterocycles. The summed E-state index contributed by atoms with van der Waals surface area (Å²) in [6, 6.07) is 8.91. The van der Waals surface area contributed by atoms with Crippen molar-refractivity contribution in [3.8, 4) is 0 Å². The standard InChI is InChI=1S/C14H15F2NO4/c15-12(16)10-6-17(7-11(10)13(18)19)14(20)21-8-9-4-2-1-3-5-9/h1-5,10-12H,6-8H2,(H,18,19)/t10-,11+/m0/s1. The minimum absolute atomic E-state index is 0.0211. The van der Waals surface area contributed by atoms with Crippen LogP contribution in [0.4, 0.5) is 13.6 Å². The van der Waals surface area contributed by atoms with Crippen LogP contribution in [0.3, 0.4) is 0 Å². The fourth-order valence-electron chi connectivity index (χ4n) is 2.31. The maximum Gasteiger partial charge on any atom is 0.410 e. The van der Waals surface area contributed by atoms with Crippen LogP contribution in [-0.2, 0) is 16.1 Å². The third-order valence-corrected chi connectivity index (χ3v) is 3.47. The number of halogens is 2. The molecule has 0 unspecified atom stereocenters. The molecule has 114 valence electrons. The Hall–Kier alpha value is -2.18. The van der Waals surface area contributed by atoms with Gasteiger partial charge in [0.1, 0.15) is 6.61 Å². The van der Waals surface area contributed by atoms with Gasteiger partial charge < -0.3 is 14.7 Å². The number of carbonyl (C=O) groups is 2. The van der Waals surface area contributed by atoms with Crippen LogP contribution in [0.25, 0.3) is 0 Å². The van der Waals surface area contributed by atoms with E-state index in [4.69, 9.17) is 9.84 Å². The average Bonchev–Trinajstić information content (AvgIpc) is 2.91. The van der Waals surface area contributed by atoms with Crippen molar-refractivity contribution in [2.45, 2.75) is 13.0 Å². The van der Waals surface area contributed by atoms with Crippen molar-refractivity contribution >= 4 is 12.1 Å². The molecule has 21 heavy (non-hydrogen) atoms. The Morgan fingerprint density at radius 1 is 1.29 bits per heavy atom. The van der Waals surface area contributed by atoms with Crippen LogP contribution >= 0.6 is 0 Å². The first kappa shape index (κ1) is 15.2. The number of aliphatic carboxylic acids is 1. The maximum absolute atomic E-state index is 12.8. The van der Waals surface area contributed by atoms with Crippen LogP contribution in [0.15, 0.2) is 30.3 Å². The van der Waals surface area contributed by atoms with E-state index in [1.54, 1.807) is 24.3 Å². The van der Waals surface area contributed by atoms with Crippen LogP contribution in [-0.4, -0.2) is 41.6 Å². The third kappa shape index (κ3) is 3.68. The van der Waals surface area contributed by atoms with E-state index in [1.807, 2.05) is 6.07 Å². The monoisotopic (exact) mass is 299 g/mol. The van der Waals surface area contributed by atoms with Gasteiger partial charge in [0, 0.05) is 13.1 Å². The smallest absolute Gasteiger partial charge is 0.410 e. The van der Waals surface area contributed by atoms with Gasteiger partial charge in [-0.25, -0.2) is 13.6 Å². The summed E-state index contributed by atoms with van der Waals surface area (Å²) >= 11 is 0. The van der Waals surface area contributed by atoms with E-state index in [2.05, 4.69) is 0 Å². The van der Waals surface area contributed by atoms with Crippen molar-refractivity contribution in [1.29, 1.82) is 0 Å². The Balaban J connectivity index is 1.93. The summed E-state index contributed by atoms with van der Waals surface area (Å²) in [5.74, 6) is -3.93. The van der Waals surface area contributed by atoms with Crippen LogP contribution in [0.5, 0.6) is 0 Å². The summed E-state index contributed by atoms with van der Waals surface area (Å²) in [7, 11) is 0. The number of benzene rings is 1. The number of amides is 1. The summed E-state index contributed by atoms with van der Waals surface area (Å²) in [5, 5.41) is 8.93. The molecule has 1 aromatic carbocycles. The lowest BCUT2D eigenvalue weighted by Crippen LogP contribution is -2.30.